The number of hydrogen-bond donors (Lipinski definition) is 0. The fourth-order valence-electron chi connectivity index (χ4n) is 0.802. The van der Waals surface area contributed by atoms with Gasteiger partial charge in [0.05, 0.1) is 0 Å². The second kappa shape index (κ2) is 3.61. The molecule has 0 unspecified atom stereocenters. The molecule has 0 saturated heterocycles. The average molecular weight is 165 g/mol. The van der Waals surface area contributed by atoms with E-state index in [1.54, 1.807) is 0 Å². The summed E-state index contributed by atoms with van der Waals surface area (Å²) in [5.41, 5.74) is 0.648. The molecular formula is C7H15Zn. The van der Waals surface area contributed by atoms with Crippen molar-refractivity contribution < 1.29 is 18.3 Å². The van der Waals surface area contributed by atoms with Gasteiger partial charge in [-0.2, -0.15) is 0 Å². The first-order valence-electron chi connectivity index (χ1n) is 3.41. The third-order valence-electron chi connectivity index (χ3n) is 1.60. The van der Waals surface area contributed by atoms with Crippen LogP contribution in [0.2, 0.25) is 5.02 Å². The first kappa shape index (κ1) is 8.62. The molecule has 0 heterocycles. The molecule has 0 amide bonds. The van der Waals surface area contributed by atoms with Crippen molar-refractivity contribution in [2.45, 2.75) is 38.6 Å². The fourth-order valence-corrected chi connectivity index (χ4v) is 1.33. The Bertz CT molecular complexity index is 57.4. The maximum atomic E-state index is 2.36. The molecule has 0 atom stereocenters. The van der Waals surface area contributed by atoms with Crippen molar-refractivity contribution in [1.82, 2.24) is 0 Å². The van der Waals surface area contributed by atoms with Gasteiger partial charge in [0.15, 0.2) is 0 Å². The summed E-state index contributed by atoms with van der Waals surface area (Å²) in [5, 5.41) is 1.43. The molecule has 8 heavy (non-hydrogen) atoms. The van der Waals surface area contributed by atoms with Gasteiger partial charge in [0.25, 0.3) is 0 Å². The Labute approximate surface area is 62.7 Å². The molecule has 0 rings (SSSR count). The molecule has 1 heteroatoms. The van der Waals surface area contributed by atoms with Gasteiger partial charge < -0.3 is 0 Å². The van der Waals surface area contributed by atoms with Crippen LogP contribution in [0.5, 0.6) is 0 Å². The van der Waals surface area contributed by atoms with Crippen LogP contribution in [0.25, 0.3) is 0 Å². The van der Waals surface area contributed by atoms with Crippen molar-refractivity contribution in [1.29, 1.82) is 0 Å². The summed E-state index contributed by atoms with van der Waals surface area (Å²) in [6.45, 7) is 6.98. The molecule has 0 saturated carbocycles. The quantitative estimate of drug-likeness (QED) is 0.563. The summed E-state index contributed by atoms with van der Waals surface area (Å²) in [6.07, 6.45) is 2.74. The molecule has 0 aliphatic heterocycles. The summed E-state index contributed by atoms with van der Waals surface area (Å²) in [4.78, 5) is 0. The molecule has 0 aliphatic carbocycles. The van der Waals surface area contributed by atoms with Crippen molar-refractivity contribution >= 4 is 0 Å². The zero-order chi connectivity index (χ0) is 6.62. The van der Waals surface area contributed by atoms with E-state index in [0.717, 1.165) is 0 Å². The van der Waals surface area contributed by atoms with Crippen LogP contribution in [0.4, 0.5) is 0 Å². The molecule has 0 radical (unpaired) electrons. The van der Waals surface area contributed by atoms with Crippen LogP contribution >= 0.6 is 0 Å². The van der Waals surface area contributed by atoms with E-state index < -0.39 is 0 Å². The second-order valence-corrected chi connectivity index (χ2v) is 4.21. The van der Waals surface area contributed by atoms with Crippen molar-refractivity contribution in [2.75, 3.05) is 0 Å². The average Bonchev–Trinajstić information content (AvgIpc) is 1.67. The minimum atomic E-state index is 0.648. The predicted octanol–water partition coefficient (Wildman–Crippen LogP) is 2.78. The van der Waals surface area contributed by atoms with Gasteiger partial charge in [-0.1, -0.05) is 0 Å². The standard InChI is InChI=1S/C7H15.Zn/c1-5-6-7(2,3)4;/h2,5-6H2,1,3-4H3;. The fraction of sp³-hybridized carbons (Fsp3) is 1.00. The van der Waals surface area contributed by atoms with Crippen molar-refractivity contribution in [3.63, 3.8) is 0 Å². The molecule has 0 spiro atoms. The van der Waals surface area contributed by atoms with Gasteiger partial charge in [0.1, 0.15) is 0 Å². The molecule has 0 aliphatic rings. The van der Waals surface area contributed by atoms with Gasteiger partial charge >= 0.3 is 62.3 Å². The SMILES string of the molecule is CCCC(C)(C)[CH2][Zn]. The van der Waals surface area contributed by atoms with E-state index >= 15 is 0 Å². The van der Waals surface area contributed by atoms with Gasteiger partial charge in [-0.3, -0.25) is 0 Å². The molecule has 0 N–H and O–H groups in total. The van der Waals surface area contributed by atoms with Crippen LogP contribution in [-0.4, -0.2) is 0 Å². The number of rotatable bonds is 3. The van der Waals surface area contributed by atoms with Crippen LogP contribution in [0.15, 0.2) is 0 Å². The van der Waals surface area contributed by atoms with E-state index in [4.69, 9.17) is 0 Å². The molecule has 45 valence electrons. The first-order chi connectivity index (χ1) is 3.62. The van der Waals surface area contributed by atoms with E-state index in [0.29, 0.717) is 5.41 Å². The van der Waals surface area contributed by atoms with Crippen LogP contribution in [-0.2, 0) is 18.3 Å². The zero-order valence-electron chi connectivity index (χ0n) is 6.33. The van der Waals surface area contributed by atoms with Crippen molar-refractivity contribution in [3.8, 4) is 0 Å². The van der Waals surface area contributed by atoms with Crippen LogP contribution in [0.1, 0.15) is 33.6 Å². The topological polar surface area (TPSA) is 0 Å². The monoisotopic (exact) mass is 163 g/mol. The molecular weight excluding hydrogens is 149 g/mol. The molecule has 0 nitrogen and oxygen atoms in total. The summed E-state index contributed by atoms with van der Waals surface area (Å²) in [6, 6.07) is 0. The van der Waals surface area contributed by atoms with E-state index in [1.807, 2.05) is 0 Å². The Balaban J connectivity index is 3.37. The van der Waals surface area contributed by atoms with Gasteiger partial charge in [0.2, 0.25) is 0 Å². The summed E-state index contributed by atoms with van der Waals surface area (Å²) in [5.74, 6) is 0. The van der Waals surface area contributed by atoms with Crippen molar-refractivity contribution in [3.05, 3.63) is 0 Å². The minimum absolute atomic E-state index is 0.648. The normalized spacial score (nSPS) is 12.1. The summed E-state index contributed by atoms with van der Waals surface area (Å²) >= 11 is 1.45. The van der Waals surface area contributed by atoms with Crippen molar-refractivity contribution in [2.24, 2.45) is 5.41 Å². The molecule has 0 aromatic heterocycles. The Morgan fingerprint density at radius 1 is 1.38 bits per heavy atom. The second-order valence-electron chi connectivity index (χ2n) is 3.16. The third kappa shape index (κ3) is 3.60. The van der Waals surface area contributed by atoms with E-state index in [-0.39, 0.29) is 0 Å². The molecule has 0 fully saturated rings. The Kier molecular flexibility index (Phi) is 3.89. The molecule has 0 aromatic rings. The van der Waals surface area contributed by atoms with Crippen LogP contribution in [0, 0.1) is 5.41 Å². The van der Waals surface area contributed by atoms with Crippen LogP contribution in [0.3, 0.4) is 0 Å². The Morgan fingerprint density at radius 3 is 2.00 bits per heavy atom. The summed E-state index contributed by atoms with van der Waals surface area (Å²) < 4.78 is 0. The van der Waals surface area contributed by atoms with Crippen LogP contribution < -0.4 is 0 Å². The Morgan fingerprint density at radius 2 is 1.88 bits per heavy atom. The van der Waals surface area contributed by atoms with E-state index in [2.05, 4.69) is 20.8 Å². The predicted molar refractivity (Wildman–Crippen MR) is 33.5 cm³/mol. The summed E-state index contributed by atoms with van der Waals surface area (Å²) in [7, 11) is 0. The van der Waals surface area contributed by atoms with E-state index in [1.165, 1.54) is 36.2 Å². The third-order valence-corrected chi connectivity index (χ3v) is 4.44. The zero-order valence-corrected chi connectivity index (χ0v) is 9.30. The maximum absolute atomic E-state index is 2.36. The van der Waals surface area contributed by atoms with Gasteiger partial charge in [-0.05, 0) is 0 Å². The molecule has 0 bridgehead atoms. The molecule has 0 aromatic carbocycles. The van der Waals surface area contributed by atoms with E-state index in [9.17, 15) is 0 Å². The number of hydrogen-bond acceptors (Lipinski definition) is 0. The van der Waals surface area contributed by atoms with Gasteiger partial charge in [-0.25, -0.2) is 0 Å². The van der Waals surface area contributed by atoms with Gasteiger partial charge in [0, 0.05) is 0 Å². The van der Waals surface area contributed by atoms with Gasteiger partial charge in [-0.15, -0.1) is 0 Å². The Hall–Kier alpha value is 0.623. The first-order valence-corrected chi connectivity index (χ1v) is 5.51.